The second-order valence-electron chi connectivity index (χ2n) is 4.70. The molecule has 0 atom stereocenters. The lowest BCUT2D eigenvalue weighted by Gasteiger charge is -2.06. The highest BCUT2D eigenvalue weighted by atomic mass is 35.5. The number of hydrogen-bond donors (Lipinski definition) is 1. The summed E-state index contributed by atoms with van der Waals surface area (Å²) in [6, 6.07) is 15.7. The van der Waals surface area contributed by atoms with Crippen LogP contribution in [0, 0.1) is 6.92 Å². The smallest absolute Gasteiger partial charge is 0.135 e. The minimum absolute atomic E-state index is 0.621. The summed E-state index contributed by atoms with van der Waals surface area (Å²) in [6.07, 6.45) is 1.78. The lowest BCUT2D eigenvalue weighted by Crippen LogP contribution is -2.02. The molecule has 0 bridgehead atoms. The van der Waals surface area contributed by atoms with Gasteiger partial charge in [0, 0.05) is 10.6 Å². The van der Waals surface area contributed by atoms with Crippen LogP contribution in [0.1, 0.15) is 5.56 Å². The molecule has 20 heavy (non-hydrogen) atoms. The summed E-state index contributed by atoms with van der Waals surface area (Å²) in [5, 5.41) is 5.08. The van der Waals surface area contributed by atoms with Crippen molar-refractivity contribution in [2.75, 3.05) is 5.73 Å². The van der Waals surface area contributed by atoms with Crippen LogP contribution in [-0.2, 0) is 0 Å². The fourth-order valence-corrected chi connectivity index (χ4v) is 2.23. The highest BCUT2D eigenvalue weighted by Crippen LogP contribution is 2.28. The van der Waals surface area contributed by atoms with Crippen molar-refractivity contribution in [2.24, 2.45) is 0 Å². The Bertz CT molecular complexity index is 664. The van der Waals surface area contributed by atoms with Gasteiger partial charge in [0.15, 0.2) is 0 Å². The summed E-state index contributed by atoms with van der Waals surface area (Å²) in [7, 11) is 0. The van der Waals surface area contributed by atoms with E-state index in [-0.39, 0.29) is 0 Å². The largest absolute Gasteiger partial charge is 0.383 e. The number of aryl methyl sites for hydroxylation is 1. The standard InChI is InChI=1S/C16H14ClN3/c1-11-2-8-14(9-3-11)20-16(18)15(10-19-20)12-4-6-13(17)7-5-12/h2-10H,18H2,1H3. The number of rotatable bonds is 2. The lowest BCUT2D eigenvalue weighted by molar-refractivity contribution is 0.891. The maximum absolute atomic E-state index is 6.21. The first-order chi connectivity index (χ1) is 9.65. The van der Waals surface area contributed by atoms with Gasteiger partial charge in [0.25, 0.3) is 0 Å². The molecule has 0 spiro atoms. The van der Waals surface area contributed by atoms with Gasteiger partial charge in [-0.1, -0.05) is 41.4 Å². The molecule has 3 rings (SSSR count). The van der Waals surface area contributed by atoms with Gasteiger partial charge in [-0.15, -0.1) is 0 Å². The molecule has 0 radical (unpaired) electrons. The summed E-state index contributed by atoms with van der Waals surface area (Å²) in [5.41, 5.74) is 10.3. The Morgan fingerprint density at radius 3 is 2.30 bits per heavy atom. The fourth-order valence-electron chi connectivity index (χ4n) is 2.10. The SMILES string of the molecule is Cc1ccc(-n2ncc(-c3ccc(Cl)cc3)c2N)cc1. The van der Waals surface area contributed by atoms with Crippen molar-refractivity contribution in [3.8, 4) is 16.8 Å². The van der Waals surface area contributed by atoms with Crippen LogP contribution in [0.2, 0.25) is 5.02 Å². The molecule has 100 valence electrons. The van der Waals surface area contributed by atoms with Gasteiger partial charge in [-0.05, 0) is 36.8 Å². The van der Waals surface area contributed by atoms with Crippen LogP contribution in [0.25, 0.3) is 16.8 Å². The van der Waals surface area contributed by atoms with Crippen LogP contribution in [0.3, 0.4) is 0 Å². The molecule has 0 aliphatic carbocycles. The van der Waals surface area contributed by atoms with Crippen molar-refractivity contribution < 1.29 is 0 Å². The van der Waals surface area contributed by atoms with Crippen LogP contribution >= 0.6 is 11.6 Å². The Morgan fingerprint density at radius 1 is 1.00 bits per heavy atom. The average Bonchev–Trinajstić information content (AvgIpc) is 2.83. The first kappa shape index (κ1) is 12.8. The number of aromatic nitrogens is 2. The van der Waals surface area contributed by atoms with Crippen LogP contribution < -0.4 is 5.73 Å². The van der Waals surface area contributed by atoms with E-state index in [1.807, 2.05) is 48.5 Å². The van der Waals surface area contributed by atoms with Gasteiger partial charge in [-0.25, -0.2) is 4.68 Å². The van der Waals surface area contributed by atoms with Gasteiger partial charge in [-0.3, -0.25) is 0 Å². The summed E-state index contributed by atoms with van der Waals surface area (Å²) in [5.74, 6) is 0.621. The molecule has 1 heterocycles. The second kappa shape index (κ2) is 5.02. The van der Waals surface area contributed by atoms with E-state index in [0.29, 0.717) is 10.8 Å². The first-order valence-electron chi connectivity index (χ1n) is 6.31. The van der Waals surface area contributed by atoms with E-state index in [1.54, 1.807) is 10.9 Å². The van der Waals surface area contributed by atoms with Crippen molar-refractivity contribution >= 4 is 17.4 Å². The molecular formula is C16H14ClN3. The normalized spacial score (nSPS) is 10.7. The molecule has 0 saturated heterocycles. The molecular weight excluding hydrogens is 270 g/mol. The number of nitrogen functional groups attached to an aromatic ring is 1. The Morgan fingerprint density at radius 2 is 1.65 bits per heavy atom. The van der Waals surface area contributed by atoms with E-state index in [2.05, 4.69) is 12.0 Å². The molecule has 0 amide bonds. The number of nitrogens with zero attached hydrogens (tertiary/aromatic N) is 2. The predicted octanol–water partition coefficient (Wildman–Crippen LogP) is 4.08. The van der Waals surface area contributed by atoms with Gasteiger partial charge in [-0.2, -0.15) is 5.10 Å². The molecule has 3 nitrogen and oxygen atoms in total. The van der Waals surface area contributed by atoms with E-state index in [9.17, 15) is 0 Å². The molecule has 0 unspecified atom stereocenters. The Kier molecular flexibility index (Phi) is 3.20. The summed E-state index contributed by atoms with van der Waals surface area (Å²) in [6.45, 7) is 2.05. The van der Waals surface area contributed by atoms with Crippen LogP contribution in [-0.4, -0.2) is 9.78 Å². The fraction of sp³-hybridized carbons (Fsp3) is 0.0625. The number of hydrogen-bond acceptors (Lipinski definition) is 2. The molecule has 0 saturated carbocycles. The van der Waals surface area contributed by atoms with E-state index in [4.69, 9.17) is 17.3 Å². The lowest BCUT2D eigenvalue weighted by atomic mass is 10.1. The van der Waals surface area contributed by atoms with Crippen molar-refractivity contribution in [3.63, 3.8) is 0 Å². The zero-order valence-corrected chi connectivity index (χ0v) is 11.8. The van der Waals surface area contributed by atoms with Crippen LogP contribution in [0.5, 0.6) is 0 Å². The van der Waals surface area contributed by atoms with Gasteiger partial charge in [0.1, 0.15) is 5.82 Å². The van der Waals surface area contributed by atoms with Crippen LogP contribution in [0.15, 0.2) is 54.7 Å². The van der Waals surface area contributed by atoms with Crippen molar-refractivity contribution in [3.05, 3.63) is 65.3 Å². The van der Waals surface area contributed by atoms with E-state index >= 15 is 0 Å². The Hall–Kier alpha value is -2.26. The topological polar surface area (TPSA) is 43.8 Å². The second-order valence-corrected chi connectivity index (χ2v) is 5.13. The zero-order chi connectivity index (χ0) is 14.1. The molecule has 0 fully saturated rings. The molecule has 0 aliphatic heterocycles. The Labute approximate surface area is 122 Å². The van der Waals surface area contributed by atoms with Gasteiger partial charge in [0.05, 0.1) is 11.9 Å². The monoisotopic (exact) mass is 283 g/mol. The van der Waals surface area contributed by atoms with E-state index in [0.717, 1.165) is 16.8 Å². The number of halogens is 1. The minimum Gasteiger partial charge on any atom is -0.383 e. The third-order valence-electron chi connectivity index (χ3n) is 3.24. The third kappa shape index (κ3) is 2.28. The van der Waals surface area contributed by atoms with Crippen LogP contribution in [0.4, 0.5) is 5.82 Å². The number of anilines is 1. The van der Waals surface area contributed by atoms with Gasteiger partial charge >= 0.3 is 0 Å². The first-order valence-corrected chi connectivity index (χ1v) is 6.69. The van der Waals surface area contributed by atoms with Gasteiger partial charge in [0.2, 0.25) is 0 Å². The molecule has 1 aromatic heterocycles. The maximum atomic E-state index is 6.21. The minimum atomic E-state index is 0.621. The molecule has 0 aliphatic rings. The molecule has 2 aromatic carbocycles. The average molecular weight is 284 g/mol. The van der Waals surface area contributed by atoms with Crippen molar-refractivity contribution in [1.82, 2.24) is 9.78 Å². The van der Waals surface area contributed by atoms with Gasteiger partial charge < -0.3 is 5.73 Å². The molecule has 2 N–H and O–H groups in total. The van der Waals surface area contributed by atoms with Crippen molar-refractivity contribution in [2.45, 2.75) is 6.92 Å². The Balaban J connectivity index is 2.04. The third-order valence-corrected chi connectivity index (χ3v) is 3.49. The highest BCUT2D eigenvalue weighted by molar-refractivity contribution is 6.30. The quantitative estimate of drug-likeness (QED) is 0.770. The predicted molar refractivity (Wildman–Crippen MR) is 83.2 cm³/mol. The van der Waals surface area contributed by atoms with E-state index < -0.39 is 0 Å². The van der Waals surface area contributed by atoms with E-state index in [1.165, 1.54) is 5.56 Å². The van der Waals surface area contributed by atoms with Crippen molar-refractivity contribution in [1.29, 1.82) is 0 Å². The number of nitrogens with two attached hydrogens (primary N) is 1. The zero-order valence-electron chi connectivity index (χ0n) is 11.0. The summed E-state index contributed by atoms with van der Waals surface area (Å²) >= 11 is 5.90. The summed E-state index contributed by atoms with van der Waals surface area (Å²) in [4.78, 5) is 0. The highest BCUT2D eigenvalue weighted by Gasteiger charge is 2.10. The number of benzene rings is 2. The summed E-state index contributed by atoms with van der Waals surface area (Å²) < 4.78 is 1.74. The molecule has 4 heteroatoms. The maximum Gasteiger partial charge on any atom is 0.135 e. The molecule has 3 aromatic rings.